The fourth-order valence-electron chi connectivity index (χ4n) is 2.24. The number of hydrogen-bond donors (Lipinski definition) is 2. The average Bonchev–Trinajstić information content (AvgIpc) is 2.56. The highest BCUT2D eigenvalue weighted by molar-refractivity contribution is 5.97. The summed E-state index contributed by atoms with van der Waals surface area (Å²) < 4.78 is 5.29. The zero-order chi connectivity index (χ0) is 15.8. The number of nitrogens with one attached hydrogen (secondary N) is 2. The number of amides is 2. The number of carbonyl (C=O) groups excluding carboxylic acids is 2. The standard InChI is InChI=1S/C16H23N3O3/c1-2-15(20)18-14-5-3-4-13(12-14)16(21)17-6-7-19-8-10-22-11-9-19/h3-5,12H,2,6-11H2,1H3,(H,17,21)(H,18,20). The molecule has 1 aliphatic rings. The van der Waals surface area contributed by atoms with Crippen LogP contribution in [0.1, 0.15) is 23.7 Å². The number of nitrogens with zero attached hydrogens (tertiary/aromatic N) is 1. The summed E-state index contributed by atoms with van der Waals surface area (Å²) >= 11 is 0. The number of rotatable bonds is 6. The molecule has 0 spiro atoms. The third-order valence-corrected chi connectivity index (χ3v) is 3.55. The lowest BCUT2D eigenvalue weighted by molar-refractivity contribution is -0.115. The van der Waals surface area contributed by atoms with Crippen LogP contribution < -0.4 is 10.6 Å². The molecule has 2 amide bonds. The van der Waals surface area contributed by atoms with Crippen molar-refractivity contribution in [2.45, 2.75) is 13.3 Å². The van der Waals surface area contributed by atoms with E-state index >= 15 is 0 Å². The van der Waals surface area contributed by atoms with Crippen LogP contribution in [-0.4, -0.2) is 56.1 Å². The first-order chi connectivity index (χ1) is 10.7. The van der Waals surface area contributed by atoms with Crippen molar-refractivity contribution in [3.8, 4) is 0 Å². The lowest BCUT2D eigenvalue weighted by atomic mass is 10.2. The van der Waals surface area contributed by atoms with Gasteiger partial charge < -0.3 is 15.4 Å². The van der Waals surface area contributed by atoms with E-state index in [1.165, 1.54) is 0 Å². The summed E-state index contributed by atoms with van der Waals surface area (Å²) in [7, 11) is 0. The third kappa shape index (κ3) is 5.13. The number of anilines is 1. The van der Waals surface area contributed by atoms with E-state index in [-0.39, 0.29) is 11.8 Å². The molecule has 2 rings (SSSR count). The van der Waals surface area contributed by atoms with Gasteiger partial charge in [-0.2, -0.15) is 0 Å². The van der Waals surface area contributed by atoms with Crippen molar-refractivity contribution in [1.29, 1.82) is 0 Å². The SMILES string of the molecule is CCC(=O)Nc1cccc(C(=O)NCCN2CCOCC2)c1. The van der Waals surface area contributed by atoms with E-state index in [1.807, 2.05) is 0 Å². The second-order valence-corrected chi connectivity index (χ2v) is 5.19. The molecule has 0 unspecified atom stereocenters. The lowest BCUT2D eigenvalue weighted by Crippen LogP contribution is -2.41. The Hall–Kier alpha value is -1.92. The Morgan fingerprint density at radius 1 is 1.27 bits per heavy atom. The minimum atomic E-state index is -0.124. The Labute approximate surface area is 130 Å². The normalized spacial score (nSPS) is 15.3. The number of morpholine rings is 1. The molecule has 1 fully saturated rings. The molecule has 0 saturated carbocycles. The molecule has 0 aromatic heterocycles. The Morgan fingerprint density at radius 2 is 2.05 bits per heavy atom. The molecule has 1 heterocycles. The molecule has 1 aliphatic heterocycles. The van der Waals surface area contributed by atoms with E-state index < -0.39 is 0 Å². The summed E-state index contributed by atoms with van der Waals surface area (Å²) in [6.07, 6.45) is 0.413. The predicted molar refractivity (Wildman–Crippen MR) is 85.0 cm³/mol. The van der Waals surface area contributed by atoms with Gasteiger partial charge in [0.25, 0.3) is 5.91 Å². The highest BCUT2D eigenvalue weighted by Gasteiger charge is 2.11. The van der Waals surface area contributed by atoms with Crippen LogP contribution in [0.2, 0.25) is 0 Å². The van der Waals surface area contributed by atoms with Gasteiger partial charge in [-0.05, 0) is 18.2 Å². The van der Waals surface area contributed by atoms with E-state index in [4.69, 9.17) is 4.74 Å². The Bertz CT molecular complexity index is 513. The maximum Gasteiger partial charge on any atom is 0.251 e. The van der Waals surface area contributed by atoms with Crippen LogP contribution in [0.5, 0.6) is 0 Å². The van der Waals surface area contributed by atoms with Crippen molar-refractivity contribution in [1.82, 2.24) is 10.2 Å². The van der Waals surface area contributed by atoms with Gasteiger partial charge in [-0.1, -0.05) is 13.0 Å². The number of ether oxygens (including phenoxy) is 1. The zero-order valence-corrected chi connectivity index (χ0v) is 12.9. The van der Waals surface area contributed by atoms with Crippen molar-refractivity contribution in [3.05, 3.63) is 29.8 Å². The van der Waals surface area contributed by atoms with Gasteiger partial charge in [0.05, 0.1) is 13.2 Å². The number of benzene rings is 1. The van der Waals surface area contributed by atoms with E-state index in [9.17, 15) is 9.59 Å². The van der Waals surface area contributed by atoms with E-state index in [0.29, 0.717) is 24.2 Å². The van der Waals surface area contributed by atoms with Gasteiger partial charge in [0.2, 0.25) is 5.91 Å². The average molecular weight is 305 g/mol. The van der Waals surface area contributed by atoms with Crippen LogP contribution >= 0.6 is 0 Å². The van der Waals surface area contributed by atoms with Crippen molar-refractivity contribution >= 4 is 17.5 Å². The molecule has 6 heteroatoms. The minimum absolute atomic E-state index is 0.0649. The molecular weight excluding hydrogens is 282 g/mol. The Morgan fingerprint density at radius 3 is 2.77 bits per heavy atom. The molecule has 2 N–H and O–H groups in total. The van der Waals surface area contributed by atoms with E-state index in [2.05, 4.69) is 15.5 Å². The van der Waals surface area contributed by atoms with Crippen molar-refractivity contribution < 1.29 is 14.3 Å². The van der Waals surface area contributed by atoms with Crippen LogP contribution in [0, 0.1) is 0 Å². The summed E-state index contributed by atoms with van der Waals surface area (Å²) in [5.74, 6) is -0.189. The Balaban J connectivity index is 1.81. The van der Waals surface area contributed by atoms with Crippen molar-refractivity contribution in [3.63, 3.8) is 0 Å². The van der Waals surface area contributed by atoms with Crippen LogP contribution in [0.15, 0.2) is 24.3 Å². The first kappa shape index (κ1) is 16.5. The number of carbonyl (C=O) groups is 2. The highest BCUT2D eigenvalue weighted by Crippen LogP contribution is 2.11. The highest BCUT2D eigenvalue weighted by atomic mass is 16.5. The summed E-state index contributed by atoms with van der Waals surface area (Å²) in [4.78, 5) is 25.8. The van der Waals surface area contributed by atoms with Crippen molar-refractivity contribution in [2.24, 2.45) is 0 Å². The largest absolute Gasteiger partial charge is 0.379 e. The van der Waals surface area contributed by atoms with Gasteiger partial charge in [-0.3, -0.25) is 14.5 Å². The minimum Gasteiger partial charge on any atom is -0.379 e. The molecule has 1 saturated heterocycles. The topological polar surface area (TPSA) is 70.7 Å². The summed E-state index contributed by atoms with van der Waals surface area (Å²) in [6, 6.07) is 6.98. The van der Waals surface area contributed by atoms with E-state index in [1.54, 1.807) is 31.2 Å². The summed E-state index contributed by atoms with van der Waals surface area (Å²) in [5.41, 5.74) is 1.20. The maximum absolute atomic E-state index is 12.1. The molecule has 0 radical (unpaired) electrons. The molecule has 1 aromatic carbocycles. The van der Waals surface area contributed by atoms with Gasteiger partial charge in [0.15, 0.2) is 0 Å². The van der Waals surface area contributed by atoms with Gasteiger partial charge in [-0.25, -0.2) is 0 Å². The fourth-order valence-corrected chi connectivity index (χ4v) is 2.24. The first-order valence-electron chi connectivity index (χ1n) is 7.67. The molecule has 1 aromatic rings. The molecule has 6 nitrogen and oxygen atoms in total. The third-order valence-electron chi connectivity index (χ3n) is 3.55. The second kappa shape index (κ2) is 8.51. The van der Waals surface area contributed by atoms with Gasteiger partial charge in [-0.15, -0.1) is 0 Å². The van der Waals surface area contributed by atoms with Crippen LogP contribution in [0.25, 0.3) is 0 Å². The second-order valence-electron chi connectivity index (χ2n) is 5.19. The zero-order valence-electron chi connectivity index (χ0n) is 12.9. The van der Waals surface area contributed by atoms with Crippen LogP contribution in [-0.2, 0) is 9.53 Å². The van der Waals surface area contributed by atoms with Gasteiger partial charge >= 0.3 is 0 Å². The Kier molecular flexibility index (Phi) is 6.36. The molecule has 0 aliphatic carbocycles. The van der Waals surface area contributed by atoms with Crippen LogP contribution in [0.4, 0.5) is 5.69 Å². The van der Waals surface area contributed by atoms with Gasteiger partial charge in [0.1, 0.15) is 0 Å². The molecule has 22 heavy (non-hydrogen) atoms. The monoisotopic (exact) mass is 305 g/mol. The van der Waals surface area contributed by atoms with E-state index in [0.717, 1.165) is 32.8 Å². The first-order valence-corrected chi connectivity index (χ1v) is 7.67. The van der Waals surface area contributed by atoms with Gasteiger partial charge in [0, 0.05) is 43.9 Å². The molecular formula is C16H23N3O3. The number of hydrogen-bond acceptors (Lipinski definition) is 4. The quantitative estimate of drug-likeness (QED) is 0.825. The van der Waals surface area contributed by atoms with Crippen LogP contribution in [0.3, 0.4) is 0 Å². The van der Waals surface area contributed by atoms with Crippen molar-refractivity contribution in [2.75, 3.05) is 44.7 Å². The molecule has 120 valence electrons. The lowest BCUT2D eigenvalue weighted by Gasteiger charge is -2.26. The predicted octanol–water partition coefficient (Wildman–Crippen LogP) is 1.10. The maximum atomic E-state index is 12.1. The fraction of sp³-hybridized carbons (Fsp3) is 0.500. The summed E-state index contributed by atoms with van der Waals surface area (Å²) in [5, 5.41) is 5.66. The molecule has 0 bridgehead atoms. The molecule has 0 atom stereocenters. The smallest absolute Gasteiger partial charge is 0.251 e. The summed E-state index contributed by atoms with van der Waals surface area (Å²) in [6.45, 7) is 6.55.